The van der Waals surface area contributed by atoms with Gasteiger partial charge in [0.25, 0.3) is 0 Å². The Morgan fingerprint density at radius 2 is 1.87 bits per heavy atom. The predicted octanol–water partition coefficient (Wildman–Crippen LogP) is 2.19. The minimum Gasteiger partial charge on any atom is -0.497 e. The molecule has 3 rings (SSSR count). The molecule has 2 amide bonds. The lowest BCUT2D eigenvalue weighted by molar-refractivity contribution is -0.136. The molecule has 30 heavy (non-hydrogen) atoms. The van der Waals surface area contributed by atoms with Crippen molar-refractivity contribution < 1.29 is 22.7 Å². The molecule has 1 aliphatic heterocycles. The lowest BCUT2D eigenvalue weighted by atomic mass is 10.1. The maximum atomic E-state index is 12.2. The maximum Gasteiger partial charge on any atom is 0.313 e. The largest absolute Gasteiger partial charge is 0.497 e. The molecule has 1 heterocycles. The minimum absolute atomic E-state index is 0.0521. The van der Waals surface area contributed by atoms with Crippen LogP contribution in [0.1, 0.15) is 12.0 Å². The average molecular weight is 452 g/mol. The molecule has 0 unspecified atom stereocenters. The van der Waals surface area contributed by atoms with Gasteiger partial charge in [0.15, 0.2) is 0 Å². The van der Waals surface area contributed by atoms with Crippen molar-refractivity contribution >= 4 is 44.8 Å². The number of anilines is 2. The fourth-order valence-electron chi connectivity index (χ4n) is 3.07. The van der Waals surface area contributed by atoms with Gasteiger partial charge in [-0.05, 0) is 48.7 Å². The maximum absolute atomic E-state index is 12.2. The molecule has 1 aliphatic rings. The average Bonchev–Trinajstić information content (AvgIpc) is 3.08. The van der Waals surface area contributed by atoms with Crippen molar-refractivity contribution in [3.63, 3.8) is 0 Å². The molecule has 2 aromatic rings. The molecule has 10 heteroatoms. The van der Waals surface area contributed by atoms with Crippen molar-refractivity contribution in [3.05, 3.63) is 53.1 Å². The number of carbonyl (C=O) groups excluding carboxylic acids is 2. The quantitative estimate of drug-likeness (QED) is 0.655. The second-order valence-electron chi connectivity index (χ2n) is 6.72. The molecule has 0 aliphatic carbocycles. The van der Waals surface area contributed by atoms with Gasteiger partial charge in [-0.1, -0.05) is 23.7 Å². The number of methoxy groups -OCH3 is 1. The van der Waals surface area contributed by atoms with E-state index in [4.69, 9.17) is 16.3 Å². The summed E-state index contributed by atoms with van der Waals surface area (Å²) in [5.41, 5.74) is 1.56. The van der Waals surface area contributed by atoms with Gasteiger partial charge in [-0.2, -0.15) is 0 Å². The smallest absolute Gasteiger partial charge is 0.313 e. The topological polar surface area (TPSA) is 105 Å². The van der Waals surface area contributed by atoms with Gasteiger partial charge in [-0.3, -0.25) is 13.9 Å². The van der Waals surface area contributed by atoms with E-state index in [1.54, 1.807) is 7.11 Å². The van der Waals surface area contributed by atoms with Crippen LogP contribution in [0.4, 0.5) is 11.4 Å². The molecule has 2 N–H and O–H groups in total. The number of nitrogens with one attached hydrogen (secondary N) is 2. The molecule has 0 aromatic heterocycles. The molecule has 1 saturated heterocycles. The highest BCUT2D eigenvalue weighted by atomic mass is 35.5. The zero-order valence-corrected chi connectivity index (χ0v) is 17.9. The Bertz CT molecular complexity index is 1040. The monoisotopic (exact) mass is 451 g/mol. The second kappa shape index (κ2) is 9.36. The van der Waals surface area contributed by atoms with Crippen LogP contribution in [0.5, 0.6) is 5.75 Å². The van der Waals surface area contributed by atoms with E-state index in [9.17, 15) is 18.0 Å². The Kier molecular flexibility index (Phi) is 6.84. The lowest BCUT2D eigenvalue weighted by Gasteiger charge is -2.19. The van der Waals surface area contributed by atoms with Crippen LogP contribution in [0.3, 0.4) is 0 Å². The third kappa shape index (κ3) is 5.22. The third-order valence-electron chi connectivity index (χ3n) is 4.64. The van der Waals surface area contributed by atoms with Crippen molar-refractivity contribution in [3.8, 4) is 5.75 Å². The molecule has 0 spiro atoms. The summed E-state index contributed by atoms with van der Waals surface area (Å²) in [7, 11) is -1.83. The summed E-state index contributed by atoms with van der Waals surface area (Å²) >= 11 is 6.14. The Morgan fingerprint density at radius 3 is 2.50 bits per heavy atom. The highest BCUT2D eigenvalue weighted by molar-refractivity contribution is 7.93. The molecular formula is C20H22ClN3O5S. The first-order valence-corrected chi connectivity index (χ1v) is 11.3. The van der Waals surface area contributed by atoms with Gasteiger partial charge in [0.05, 0.1) is 23.6 Å². The van der Waals surface area contributed by atoms with Crippen LogP contribution in [-0.4, -0.2) is 46.2 Å². The summed E-state index contributed by atoms with van der Waals surface area (Å²) in [6.45, 7) is 0.613. The number of rotatable bonds is 6. The first-order valence-electron chi connectivity index (χ1n) is 9.32. The van der Waals surface area contributed by atoms with Gasteiger partial charge in [-0.15, -0.1) is 0 Å². The molecule has 160 valence electrons. The number of nitrogens with zero attached hydrogens (tertiary/aromatic N) is 1. The van der Waals surface area contributed by atoms with Crippen molar-refractivity contribution in [2.24, 2.45) is 0 Å². The summed E-state index contributed by atoms with van der Waals surface area (Å²) in [6, 6.07) is 11.9. The van der Waals surface area contributed by atoms with Crippen molar-refractivity contribution in [1.29, 1.82) is 0 Å². The third-order valence-corrected chi connectivity index (χ3v) is 6.81. The second-order valence-corrected chi connectivity index (χ2v) is 9.14. The zero-order valence-electron chi connectivity index (χ0n) is 16.4. The van der Waals surface area contributed by atoms with Gasteiger partial charge in [-0.25, -0.2) is 8.42 Å². The Hall–Kier alpha value is -2.78. The van der Waals surface area contributed by atoms with Crippen LogP contribution in [-0.2, 0) is 26.0 Å². The number of hydrogen-bond donors (Lipinski definition) is 2. The van der Waals surface area contributed by atoms with E-state index in [0.29, 0.717) is 19.4 Å². The van der Waals surface area contributed by atoms with Crippen molar-refractivity contribution in [1.82, 2.24) is 5.32 Å². The molecule has 0 radical (unpaired) electrons. The summed E-state index contributed by atoms with van der Waals surface area (Å²) in [4.78, 5) is 24.3. The number of halogens is 1. The van der Waals surface area contributed by atoms with Crippen LogP contribution in [0.2, 0.25) is 5.02 Å². The highest BCUT2D eigenvalue weighted by Gasteiger charge is 2.30. The Morgan fingerprint density at radius 1 is 1.13 bits per heavy atom. The zero-order chi connectivity index (χ0) is 21.7. The summed E-state index contributed by atoms with van der Waals surface area (Å²) in [5, 5.41) is 5.29. The summed E-state index contributed by atoms with van der Waals surface area (Å²) < 4.78 is 30.6. The van der Waals surface area contributed by atoms with Gasteiger partial charge >= 0.3 is 11.8 Å². The summed E-state index contributed by atoms with van der Waals surface area (Å²) in [5.74, 6) is -0.835. The molecule has 0 atom stereocenters. The van der Waals surface area contributed by atoms with Gasteiger partial charge in [0, 0.05) is 18.8 Å². The molecule has 0 saturated carbocycles. The minimum atomic E-state index is -3.42. The van der Waals surface area contributed by atoms with Crippen LogP contribution in [0, 0.1) is 0 Å². The van der Waals surface area contributed by atoms with Gasteiger partial charge in [0.2, 0.25) is 10.0 Å². The number of amides is 2. The number of benzene rings is 2. The first kappa shape index (κ1) is 21.9. The molecule has 2 aromatic carbocycles. The van der Waals surface area contributed by atoms with Crippen molar-refractivity contribution in [2.75, 3.05) is 35.6 Å². The number of hydrogen-bond acceptors (Lipinski definition) is 5. The number of ether oxygens (including phenoxy) is 1. The normalized spacial score (nSPS) is 14.9. The van der Waals surface area contributed by atoms with E-state index in [1.165, 1.54) is 22.5 Å². The van der Waals surface area contributed by atoms with E-state index in [2.05, 4.69) is 10.6 Å². The van der Waals surface area contributed by atoms with E-state index < -0.39 is 21.8 Å². The Labute approximate surface area is 180 Å². The van der Waals surface area contributed by atoms with E-state index >= 15 is 0 Å². The van der Waals surface area contributed by atoms with E-state index in [0.717, 1.165) is 11.3 Å². The highest BCUT2D eigenvalue weighted by Crippen LogP contribution is 2.33. The molecule has 1 fully saturated rings. The van der Waals surface area contributed by atoms with Crippen LogP contribution < -0.4 is 19.7 Å². The lowest BCUT2D eigenvalue weighted by Crippen LogP contribution is -2.36. The number of sulfonamides is 1. The summed E-state index contributed by atoms with van der Waals surface area (Å²) in [6.07, 6.45) is 1.06. The van der Waals surface area contributed by atoms with Gasteiger partial charge < -0.3 is 15.4 Å². The van der Waals surface area contributed by atoms with E-state index in [1.807, 2.05) is 24.3 Å². The molecule has 8 nitrogen and oxygen atoms in total. The first-order chi connectivity index (χ1) is 14.3. The molecule has 0 bridgehead atoms. The molecular weight excluding hydrogens is 430 g/mol. The van der Waals surface area contributed by atoms with Crippen LogP contribution >= 0.6 is 11.6 Å². The van der Waals surface area contributed by atoms with E-state index in [-0.39, 0.29) is 28.7 Å². The predicted molar refractivity (Wildman–Crippen MR) is 116 cm³/mol. The SMILES string of the molecule is COc1ccc(CCNC(=O)C(=O)Nc2ccc(Cl)c(N3CCCS3(=O)=O)c2)cc1. The van der Waals surface area contributed by atoms with Crippen LogP contribution in [0.15, 0.2) is 42.5 Å². The Balaban J connectivity index is 1.57. The van der Waals surface area contributed by atoms with Crippen LogP contribution in [0.25, 0.3) is 0 Å². The standard InChI is InChI=1S/C20H22ClN3O5S/c1-29-16-6-3-14(4-7-16)9-10-22-19(25)20(26)23-15-5-8-17(21)18(13-15)24-11-2-12-30(24,27)28/h3-8,13H,2,9-12H2,1H3,(H,22,25)(H,23,26). The number of carbonyl (C=O) groups is 2. The van der Waals surface area contributed by atoms with Crippen molar-refractivity contribution in [2.45, 2.75) is 12.8 Å². The van der Waals surface area contributed by atoms with Gasteiger partial charge in [0.1, 0.15) is 5.75 Å². The fraction of sp³-hybridized carbons (Fsp3) is 0.300. The fourth-order valence-corrected chi connectivity index (χ4v) is 4.91.